The molecule has 1 saturated heterocycles. The highest BCUT2D eigenvalue weighted by atomic mass is 16.1. The van der Waals surface area contributed by atoms with Gasteiger partial charge in [-0.2, -0.15) is 0 Å². The Morgan fingerprint density at radius 1 is 1.12 bits per heavy atom. The summed E-state index contributed by atoms with van der Waals surface area (Å²) >= 11 is 0. The number of carbonyl (C=O) groups is 1. The van der Waals surface area contributed by atoms with Gasteiger partial charge in [-0.3, -0.25) is 4.79 Å². The van der Waals surface area contributed by atoms with Crippen molar-refractivity contribution in [2.75, 3.05) is 49.5 Å². The van der Waals surface area contributed by atoms with E-state index in [9.17, 15) is 4.79 Å². The van der Waals surface area contributed by atoms with Crippen LogP contribution >= 0.6 is 0 Å². The number of anilines is 2. The molecule has 26 heavy (non-hydrogen) atoms. The molecular formula is C21H34N4O. The second-order valence-corrected chi connectivity index (χ2v) is 7.93. The monoisotopic (exact) mass is 358 g/mol. The average molecular weight is 359 g/mol. The Hall–Kier alpha value is -1.59. The van der Waals surface area contributed by atoms with Gasteiger partial charge in [-0.1, -0.05) is 38.3 Å². The molecule has 5 nitrogen and oxygen atoms in total. The van der Waals surface area contributed by atoms with Gasteiger partial charge in [0, 0.05) is 32.6 Å². The van der Waals surface area contributed by atoms with Gasteiger partial charge in [0.1, 0.15) is 0 Å². The van der Waals surface area contributed by atoms with E-state index in [0.717, 1.165) is 56.9 Å². The summed E-state index contributed by atoms with van der Waals surface area (Å²) in [6.07, 6.45) is 6.37. The summed E-state index contributed by atoms with van der Waals surface area (Å²) in [6, 6.07) is 8.20. The van der Waals surface area contributed by atoms with Crippen molar-refractivity contribution in [3.63, 3.8) is 0 Å². The van der Waals surface area contributed by atoms with Crippen molar-refractivity contribution in [1.82, 2.24) is 4.90 Å². The van der Waals surface area contributed by atoms with Crippen molar-refractivity contribution in [2.24, 2.45) is 11.1 Å². The van der Waals surface area contributed by atoms with Gasteiger partial charge < -0.3 is 20.9 Å². The van der Waals surface area contributed by atoms with Gasteiger partial charge in [0.2, 0.25) is 5.91 Å². The first-order valence-corrected chi connectivity index (χ1v) is 10.2. The van der Waals surface area contributed by atoms with Crippen LogP contribution in [-0.2, 0) is 4.79 Å². The first kappa shape index (κ1) is 19.2. The number of nitrogens with two attached hydrogens (primary N) is 1. The van der Waals surface area contributed by atoms with E-state index in [-0.39, 0.29) is 11.3 Å². The quantitative estimate of drug-likeness (QED) is 0.820. The highest BCUT2D eigenvalue weighted by Crippen LogP contribution is 2.39. The maximum atomic E-state index is 12.8. The van der Waals surface area contributed by atoms with Crippen LogP contribution < -0.4 is 16.0 Å². The summed E-state index contributed by atoms with van der Waals surface area (Å²) in [5.74, 6) is 0.108. The number of benzene rings is 1. The topological polar surface area (TPSA) is 61.6 Å². The summed E-state index contributed by atoms with van der Waals surface area (Å²) in [4.78, 5) is 17.6. The molecule has 0 radical (unpaired) electrons. The van der Waals surface area contributed by atoms with Crippen molar-refractivity contribution in [3.8, 4) is 0 Å². The Labute approximate surface area is 157 Å². The Morgan fingerprint density at radius 3 is 2.46 bits per heavy atom. The minimum Gasteiger partial charge on any atom is -0.367 e. The Kier molecular flexibility index (Phi) is 6.54. The van der Waals surface area contributed by atoms with E-state index < -0.39 is 0 Å². The van der Waals surface area contributed by atoms with Gasteiger partial charge in [0.25, 0.3) is 0 Å². The van der Waals surface area contributed by atoms with Crippen LogP contribution in [-0.4, -0.2) is 50.1 Å². The summed E-state index contributed by atoms with van der Waals surface area (Å²) in [5.41, 5.74) is 8.14. The van der Waals surface area contributed by atoms with Gasteiger partial charge >= 0.3 is 0 Å². The predicted octanol–water partition coefficient (Wildman–Crippen LogP) is 3.07. The zero-order valence-electron chi connectivity index (χ0n) is 16.2. The molecule has 1 amide bonds. The first-order valence-electron chi connectivity index (χ1n) is 10.2. The van der Waals surface area contributed by atoms with E-state index in [4.69, 9.17) is 5.73 Å². The lowest BCUT2D eigenvalue weighted by molar-refractivity contribution is -0.118. The second kappa shape index (κ2) is 8.87. The number of carbonyl (C=O) groups excluding carboxylic acids is 1. The molecule has 1 aliphatic heterocycles. The Bertz CT molecular complexity index is 589. The van der Waals surface area contributed by atoms with Crippen LogP contribution in [0.5, 0.6) is 0 Å². The van der Waals surface area contributed by atoms with E-state index in [2.05, 4.69) is 34.2 Å². The van der Waals surface area contributed by atoms with Crippen molar-refractivity contribution >= 4 is 17.3 Å². The maximum Gasteiger partial charge on any atom is 0.225 e. The molecule has 1 heterocycles. The normalized spacial score (nSPS) is 20.8. The third-order valence-electron chi connectivity index (χ3n) is 6.22. The fourth-order valence-electron chi connectivity index (χ4n) is 4.45. The van der Waals surface area contributed by atoms with E-state index >= 15 is 0 Å². The van der Waals surface area contributed by atoms with Crippen molar-refractivity contribution in [1.29, 1.82) is 0 Å². The van der Waals surface area contributed by atoms with Gasteiger partial charge in [0.05, 0.1) is 11.4 Å². The number of nitrogens with one attached hydrogen (secondary N) is 1. The number of hydrogen-bond donors (Lipinski definition) is 2. The lowest BCUT2D eigenvalue weighted by Gasteiger charge is -2.37. The SMILES string of the molecule is CCN1CCN(c2ccccc2NC(=O)CC2(CN)CCCCC2)CC1. The minimum atomic E-state index is 0.00400. The fourth-order valence-corrected chi connectivity index (χ4v) is 4.45. The largest absolute Gasteiger partial charge is 0.367 e. The van der Waals surface area contributed by atoms with Crippen LogP contribution in [0.4, 0.5) is 11.4 Å². The number of nitrogens with zero attached hydrogens (tertiary/aromatic N) is 2. The van der Waals surface area contributed by atoms with E-state index in [1.807, 2.05) is 12.1 Å². The Morgan fingerprint density at radius 2 is 1.81 bits per heavy atom. The highest BCUT2D eigenvalue weighted by molar-refractivity contribution is 5.94. The molecule has 2 fully saturated rings. The van der Waals surface area contributed by atoms with Gasteiger partial charge in [-0.25, -0.2) is 0 Å². The number of likely N-dealkylation sites (N-methyl/N-ethyl adjacent to an activating group) is 1. The summed E-state index contributed by atoms with van der Waals surface area (Å²) in [6.45, 7) is 8.10. The van der Waals surface area contributed by atoms with Gasteiger partial charge in [0.15, 0.2) is 0 Å². The number of piperazine rings is 1. The highest BCUT2D eigenvalue weighted by Gasteiger charge is 2.33. The van der Waals surface area contributed by atoms with Gasteiger partial charge in [-0.05, 0) is 43.5 Å². The molecule has 0 aromatic heterocycles. The lowest BCUT2D eigenvalue weighted by atomic mass is 9.71. The summed E-state index contributed by atoms with van der Waals surface area (Å²) < 4.78 is 0. The molecular weight excluding hydrogens is 324 g/mol. The summed E-state index contributed by atoms with van der Waals surface area (Å²) in [7, 11) is 0. The van der Waals surface area contributed by atoms with Crippen LogP contribution in [0.1, 0.15) is 45.4 Å². The molecule has 1 aliphatic carbocycles. The fraction of sp³-hybridized carbons (Fsp3) is 0.667. The third-order valence-corrected chi connectivity index (χ3v) is 6.22. The van der Waals surface area contributed by atoms with Crippen molar-refractivity contribution in [2.45, 2.75) is 45.4 Å². The van der Waals surface area contributed by atoms with Crippen LogP contribution in [0.3, 0.4) is 0 Å². The second-order valence-electron chi connectivity index (χ2n) is 7.93. The molecule has 3 rings (SSSR count). The molecule has 1 aromatic rings. The zero-order valence-corrected chi connectivity index (χ0v) is 16.2. The number of para-hydroxylation sites is 2. The van der Waals surface area contributed by atoms with Crippen molar-refractivity contribution < 1.29 is 4.79 Å². The molecule has 0 spiro atoms. The zero-order chi connectivity index (χ0) is 18.4. The van der Waals surface area contributed by atoms with Gasteiger partial charge in [-0.15, -0.1) is 0 Å². The third kappa shape index (κ3) is 4.57. The number of rotatable bonds is 6. The van der Waals surface area contributed by atoms with Crippen molar-refractivity contribution in [3.05, 3.63) is 24.3 Å². The smallest absolute Gasteiger partial charge is 0.225 e. The molecule has 144 valence electrons. The average Bonchev–Trinajstić information content (AvgIpc) is 2.69. The Balaban J connectivity index is 1.65. The molecule has 2 aliphatic rings. The lowest BCUT2D eigenvalue weighted by Crippen LogP contribution is -2.46. The molecule has 5 heteroatoms. The van der Waals surface area contributed by atoms with Crippen LogP contribution in [0.2, 0.25) is 0 Å². The van der Waals surface area contributed by atoms with Crippen LogP contribution in [0, 0.1) is 5.41 Å². The molecule has 3 N–H and O–H groups in total. The molecule has 1 saturated carbocycles. The van der Waals surface area contributed by atoms with Crippen LogP contribution in [0.25, 0.3) is 0 Å². The van der Waals surface area contributed by atoms with E-state index in [1.54, 1.807) is 0 Å². The van der Waals surface area contributed by atoms with E-state index in [0.29, 0.717) is 13.0 Å². The standard InChI is InChI=1S/C21H34N4O/c1-2-24-12-14-25(15-13-24)19-9-5-4-8-18(19)23-20(26)16-21(17-22)10-6-3-7-11-21/h4-5,8-9H,2-3,6-7,10-17,22H2,1H3,(H,23,26). The molecule has 0 bridgehead atoms. The molecule has 0 unspecified atom stereocenters. The first-order chi connectivity index (χ1) is 12.7. The summed E-state index contributed by atoms with van der Waals surface area (Å²) in [5, 5.41) is 3.19. The number of hydrogen-bond acceptors (Lipinski definition) is 4. The molecule has 1 aromatic carbocycles. The minimum absolute atomic E-state index is 0.00400. The van der Waals surface area contributed by atoms with Crippen LogP contribution in [0.15, 0.2) is 24.3 Å². The predicted molar refractivity (Wildman–Crippen MR) is 109 cm³/mol. The molecule has 0 atom stereocenters. The number of amides is 1. The maximum absolute atomic E-state index is 12.8. The van der Waals surface area contributed by atoms with E-state index in [1.165, 1.54) is 19.3 Å².